The van der Waals surface area contributed by atoms with Crippen LogP contribution >= 0.6 is 0 Å². The van der Waals surface area contributed by atoms with Crippen LogP contribution in [0, 0.1) is 0 Å². The third kappa shape index (κ3) is 11.2. The summed E-state index contributed by atoms with van der Waals surface area (Å²) < 4.78 is 9.62. The van der Waals surface area contributed by atoms with Crippen LogP contribution in [0.5, 0.6) is 0 Å². The third-order valence-corrected chi connectivity index (χ3v) is 1.95. The molecule has 0 saturated carbocycles. The van der Waals surface area contributed by atoms with E-state index in [1.807, 2.05) is 32.0 Å². The Labute approximate surface area is 127 Å². The first-order valence-electron chi connectivity index (χ1n) is 6.50. The fourth-order valence-electron chi connectivity index (χ4n) is 1.13. The first-order valence-corrected chi connectivity index (χ1v) is 6.50. The highest BCUT2D eigenvalue weighted by Gasteiger charge is 2.02. The maximum Gasteiger partial charge on any atom is 0.411 e. The lowest BCUT2D eigenvalue weighted by Crippen LogP contribution is -2.15. The normalized spacial score (nSPS) is 8.29. The van der Waals surface area contributed by atoms with Crippen molar-refractivity contribution in [3.05, 3.63) is 43.0 Å². The molecule has 0 bridgehead atoms. The topological polar surface area (TPSA) is 64.6 Å². The van der Waals surface area contributed by atoms with Crippen molar-refractivity contribution >= 4 is 17.7 Å². The molecule has 1 aromatic rings. The summed E-state index contributed by atoms with van der Waals surface area (Å²) in [5, 5.41) is 2.57. The van der Waals surface area contributed by atoms with Crippen LogP contribution in [0.25, 0.3) is 0 Å². The molecule has 0 unspecified atom stereocenters. The number of carbonyl (C=O) groups is 2. The predicted octanol–water partition coefficient (Wildman–Crippen LogP) is 4.02. The van der Waals surface area contributed by atoms with Gasteiger partial charge >= 0.3 is 12.1 Å². The molecule has 1 aromatic carbocycles. The van der Waals surface area contributed by atoms with Crippen LogP contribution in [-0.2, 0) is 14.3 Å². The van der Waals surface area contributed by atoms with Gasteiger partial charge in [0, 0.05) is 18.2 Å². The van der Waals surface area contributed by atoms with E-state index in [1.165, 1.54) is 0 Å². The van der Waals surface area contributed by atoms with Crippen molar-refractivity contribution in [3.63, 3.8) is 0 Å². The number of hydrogen-bond donors (Lipinski definition) is 1. The number of benzene rings is 1. The second-order valence-corrected chi connectivity index (χ2v) is 3.35. The number of nitrogens with one attached hydrogen (secondary N) is 1. The molecule has 5 heteroatoms. The minimum atomic E-state index is -0.531. The Morgan fingerprint density at radius 1 is 1.14 bits per heavy atom. The van der Waals surface area contributed by atoms with Crippen LogP contribution in [0.3, 0.4) is 0 Å². The van der Waals surface area contributed by atoms with E-state index in [1.54, 1.807) is 12.1 Å². The van der Waals surface area contributed by atoms with E-state index in [4.69, 9.17) is 9.47 Å². The molecule has 0 saturated heterocycles. The van der Waals surface area contributed by atoms with Crippen molar-refractivity contribution in [2.45, 2.75) is 27.7 Å². The van der Waals surface area contributed by atoms with Gasteiger partial charge in [0.2, 0.25) is 0 Å². The van der Waals surface area contributed by atoms with Gasteiger partial charge in [-0.15, -0.1) is 0 Å². The fraction of sp³-hybridized carbons (Fsp3) is 0.375. The first kappa shape index (κ1) is 21.0. The number of amides is 1. The molecule has 1 rings (SSSR count). The Hall–Kier alpha value is -2.30. The quantitative estimate of drug-likeness (QED) is 0.489. The number of carbonyl (C=O) groups excluding carboxylic acids is 2. The third-order valence-electron chi connectivity index (χ3n) is 1.95. The lowest BCUT2D eigenvalue weighted by atomic mass is 10.3. The number of esters is 1. The van der Waals surface area contributed by atoms with Gasteiger partial charge in [-0.3, -0.25) is 5.32 Å². The van der Waals surface area contributed by atoms with Crippen molar-refractivity contribution in [1.29, 1.82) is 0 Å². The van der Waals surface area contributed by atoms with Crippen molar-refractivity contribution in [2.24, 2.45) is 0 Å². The monoisotopic (exact) mass is 295 g/mol. The summed E-state index contributed by atoms with van der Waals surface area (Å²) in [5.74, 6) is -0.483. The van der Waals surface area contributed by atoms with Gasteiger partial charge in [-0.25, -0.2) is 9.59 Å². The Balaban J connectivity index is 0. The Kier molecular flexibility index (Phi) is 14.1. The molecule has 0 aliphatic carbocycles. The van der Waals surface area contributed by atoms with Gasteiger partial charge in [-0.1, -0.05) is 46.1 Å². The van der Waals surface area contributed by atoms with Gasteiger partial charge in [-0.05, 0) is 12.1 Å². The van der Waals surface area contributed by atoms with Gasteiger partial charge in [0.25, 0.3) is 0 Å². The highest BCUT2D eigenvalue weighted by atomic mass is 16.6. The van der Waals surface area contributed by atoms with E-state index in [9.17, 15) is 9.59 Å². The maximum absolute atomic E-state index is 11.3. The predicted molar refractivity (Wildman–Crippen MR) is 85.3 cm³/mol. The molecule has 118 valence electrons. The Bertz CT molecular complexity index is 404. The van der Waals surface area contributed by atoms with E-state index >= 15 is 0 Å². The molecule has 0 atom stereocenters. The first-order chi connectivity index (χ1) is 9.72. The van der Waals surface area contributed by atoms with Crippen LogP contribution < -0.4 is 5.32 Å². The molecule has 0 fully saturated rings. The summed E-state index contributed by atoms with van der Waals surface area (Å²) in [6, 6.07) is 8.99. The largest absolute Gasteiger partial charge is 0.462 e. The molecular weight excluding hydrogens is 270 g/mol. The van der Waals surface area contributed by atoms with Crippen LogP contribution in [0.2, 0.25) is 0 Å². The van der Waals surface area contributed by atoms with Crippen LogP contribution in [-0.4, -0.2) is 25.3 Å². The van der Waals surface area contributed by atoms with E-state index in [0.29, 0.717) is 12.1 Å². The van der Waals surface area contributed by atoms with E-state index in [-0.39, 0.29) is 20.6 Å². The molecule has 1 amide bonds. The Morgan fingerprint density at radius 2 is 1.71 bits per heavy atom. The standard InChI is InChI=1S/C13H15NO4.C2H6.CH4/c1-2-12(15)17-9-6-10-18-13(16)14-11-7-4-3-5-8-11;1-2;/h2-5,7-8H,1,6,9-10H2,(H,14,16);1-2H3;1H4. The van der Waals surface area contributed by atoms with Gasteiger partial charge in [-0.2, -0.15) is 0 Å². The molecule has 0 heterocycles. The van der Waals surface area contributed by atoms with Gasteiger partial charge < -0.3 is 9.47 Å². The summed E-state index contributed by atoms with van der Waals surface area (Å²) in [6.45, 7) is 7.65. The number of rotatable bonds is 6. The van der Waals surface area contributed by atoms with Crippen LogP contribution in [0.1, 0.15) is 27.7 Å². The zero-order valence-corrected chi connectivity index (χ0v) is 11.9. The second-order valence-electron chi connectivity index (χ2n) is 3.35. The molecule has 0 radical (unpaired) electrons. The van der Waals surface area contributed by atoms with Gasteiger partial charge in [0.05, 0.1) is 13.2 Å². The lowest BCUT2D eigenvalue weighted by Gasteiger charge is -2.06. The molecule has 0 spiro atoms. The highest BCUT2D eigenvalue weighted by molar-refractivity contribution is 5.84. The van der Waals surface area contributed by atoms with E-state index < -0.39 is 12.1 Å². The minimum Gasteiger partial charge on any atom is -0.462 e. The van der Waals surface area contributed by atoms with E-state index in [2.05, 4.69) is 11.9 Å². The zero-order chi connectivity index (χ0) is 15.2. The lowest BCUT2D eigenvalue weighted by molar-refractivity contribution is -0.137. The molecule has 21 heavy (non-hydrogen) atoms. The highest BCUT2D eigenvalue weighted by Crippen LogP contribution is 2.05. The average molecular weight is 295 g/mol. The van der Waals surface area contributed by atoms with Crippen molar-refractivity contribution in [3.8, 4) is 0 Å². The SMILES string of the molecule is C.C=CC(=O)OCCCOC(=O)Nc1ccccc1.CC. The van der Waals surface area contributed by atoms with Crippen LogP contribution in [0.4, 0.5) is 10.5 Å². The van der Waals surface area contributed by atoms with Gasteiger partial charge in [0.15, 0.2) is 0 Å². The summed E-state index contributed by atoms with van der Waals surface area (Å²) in [4.78, 5) is 22.0. The smallest absolute Gasteiger partial charge is 0.411 e. The summed E-state index contributed by atoms with van der Waals surface area (Å²) in [7, 11) is 0. The van der Waals surface area contributed by atoms with Crippen molar-refractivity contribution in [1.82, 2.24) is 0 Å². The molecule has 0 aromatic heterocycles. The van der Waals surface area contributed by atoms with Crippen LogP contribution in [0.15, 0.2) is 43.0 Å². The fourth-order valence-corrected chi connectivity index (χ4v) is 1.13. The Morgan fingerprint density at radius 3 is 2.29 bits per heavy atom. The summed E-state index contributed by atoms with van der Waals surface area (Å²) >= 11 is 0. The average Bonchev–Trinajstić information content (AvgIpc) is 2.49. The summed E-state index contributed by atoms with van der Waals surface area (Å²) in [6.07, 6.45) is 1.00. The zero-order valence-electron chi connectivity index (χ0n) is 11.9. The van der Waals surface area contributed by atoms with Crippen molar-refractivity contribution in [2.75, 3.05) is 18.5 Å². The maximum atomic E-state index is 11.3. The van der Waals surface area contributed by atoms with E-state index in [0.717, 1.165) is 6.08 Å². The molecule has 1 N–H and O–H groups in total. The number of hydrogen-bond acceptors (Lipinski definition) is 4. The minimum absolute atomic E-state index is 0. The number of para-hydroxylation sites is 1. The number of anilines is 1. The second kappa shape index (κ2) is 14.1. The molecule has 0 aliphatic heterocycles. The van der Waals surface area contributed by atoms with Crippen molar-refractivity contribution < 1.29 is 19.1 Å². The molecule has 0 aliphatic rings. The molecule has 5 nitrogen and oxygen atoms in total. The van der Waals surface area contributed by atoms with Gasteiger partial charge in [0.1, 0.15) is 0 Å². The number of ether oxygens (including phenoxy) is 2. The summed E-state index contributed by atoms with van der Waals surface area (Å²) in [5.41, 5.74) is 0.667. The molecular formula is C16H25NO4.